The zero-order valence-electron chi connectivity index (χ0n) is 24.4. The van der Waals surface area contributed by atoms with Gasteiger partial charge in [0, 0.05) is 21.7 Å². The van der Waals surface area contributed by atoms with Crippen LogP contribution >= 0.6 is 27.5 Å². The van der Waals surface area contributed by atoms with E-state index < -0.39 is 10.5 Å². The molecule has 0 saturated carbocycles. The fourth-order valence-electron chi connectivity index (χ4n) is 4.79. The number of aromatic nitrogens is 2. The van der Waals surface area contributed by atoms with Crippen molar-refractivity contribution in [1.29, 1.82) is 0 Å². The topological polar surface area (TPSA) is 109 Å². The molecule has 0 saturated heterocycles. The standard InChI is InChI=1S/C33H28BrClN4O5/c1-19(2)25-16-26(20(3)13-30(25)43-4)32-37-28-8-6-5-7-24(28)33(40)38(32)36-17-22-14-27(35)31(29(15-22)39(41)42)44-18-21-9-11-23(34)12-10-21/h5-17,19H,18H2,1-4H3. The van der Waals surface area contributed by atoms with Crippen LogP contribution in [0.3, 0.4) is 0 Å². The van der Waals surface area contributed by atoms with Gasteiger partial charge in [-0.3, -0.25) is 14.9 Å². The highest BCUT2D eigenvalue weighted by atomic mass is 79.9. The lowest BCUT2D eigenvalue weighted by Gasteiger charge is -2.17. The van der Waals surface area contributed by atoms with E-state index in [0.717, 1.165) is 26.9 Å². The lowest BCUT2D eigenvalue weighted by Crippen LogP contribution is -2.20. The number of methoxy groups -OCH3 is 1. The number of nitrogens with zero attached hydrogens (tertiary/aromatic N) is 4. The second kappa shape index (κ2) is 13.0. The molecule has 0 radical (unpaired) electrons. The van der Waals surface area contributed by atoms with Gasteiger partial charge in [0.25, 0.3) is 5.56 Å². The van der Waals surface area contributed by atoms with Crippen LogP contribution in [0.2, 0.25) is 5.02 Å². The molecule has 0 N–H and O–H groups in total. The van der Waals surface area contributed by atoms with Crippen LogP contribution in [0, 0.1) is 17.0 Å². The summed E-state index contributed by atoms with van der Waals surface area (Å²) in [4.78, 5) is 30.0. The van der Waals surface area contributed by atoms with E-state index in [-0.39, 0.29) is 29.0 Å². The largest absolute Gasteiger partial charge is 0.496 e. The number of aryl methyl sites for hydroxylation is 1. The molecule has 0 atom stereocenters. The molecule has 0 fully saturated rings. The average Bonchev–Trinajstić information content (AvgIpc) is 3.00. The highest BCUT2D eigenvalue weighted by Crippen LogP contribution is 2.37. The van der Waals surface area contributed by atoms with Crippen LogP contribution in [0.1, 0.15) is 42.0 Å². The number of benzene rings is 4. The van der Waals surface area contributed by atoms with Crippen molar-refractivity contribution < 1.29 is 14.4 Å². The lowest BCUT2D eigenvalue weighted by atomic mass is 9.96. The van der Waals surface area contributed by atoms with Crippen molar-refractivity contribution >= 4 is 50.3 Å². The van der Waals surface area contributed by atoms with Crippen LogP contribution in [0.5, 0.6) is 11.5 Å². The molecule has 4 aromatic carbocycles. The first-order chi connectivity index (χ1) is 21.1. The van der Waals surface area contributed by atoms with E-state index in [9.17, 15) is 14.9 Å². The van der Waals surface area contributed by atoms with Crippen LogP contribution in [0.4, 0.5) is 5.69 Å². The second-order valence-corrected chi connectivity index (χ2v) is 11.7. The Hall–Kier alpha value is -4.54. The molecule has 0 amide bonds. The monoisotopic (exact) mass is 674 g/mol. The molecular formula is C33H28BrClN4O5. The zero-order valence-corrected chi connectivity index (χ0v) is 26.7. The van der Waals surface area contributed by atoms with Crippen molar-refractivity contribution in [3.8, 4) is 22.9 Å². The van der Waals surface area contributed by atoms with E-state index in [1.54, 1.807) is 25.3 Å². The van der Waals surface area contributed by atoms with Crippen molar-refractivity contribution in [3.05, 3.63) is 125 Å². The summed E-state index contributed by atoms with van der Waals surface area (Å²) in [5, 5.41) is 16.9. The maximum absolute atomic E-state index is 13.8. The van der Waals surface area contributed by atoms with Gasteiger partial charge in [-0.1, -0.05) is 65.6 Å². The summed E-state index contributed by atoms with van der Waals surface area (Å²) in [6.07, 6.45) is 1.35. The van der Waals surface area contributed by atoms with Crippen molar-refractivity contribution in [2.45, 2.75) is 33.3 Å². The van der Waals surface area contributed by atoms with Gasteiger partial charge < -0.3 is 9.47 Å². The third kappa shape index (κ3) is 6.36. The lowest BCUT2D eigenvalue weighted by molar-refractivity contribution is -0.385. The van der Waals surface area contributed by atoms with Crippen molar-refractivity contribution in [3.63, 3.8) is 0 Å². The second-order valence-electron chi connectivity index (χ2n) is 10.4. The number of halogens is 2. The summed E-state index contributed by atoms with van der Waals surface area (Å²) in [5.41, 5.74) is 3.41. The highest BCUT2D eigenvalue weighted by molar-refractivity contribution is 9.10. The fourth-order valence-corrected chi connectivity index (χ4v) is 5.33. The maximum atomic E-state index is 13.8. The number of hydrogen-bond donors (Lipinski definition) is 0. The van der Waals surface area contributed by atoms with Gasteiger partial charge in [-0.15, -0.1) is 0 Å². The smallest absolute Gasteiger partial charge is 0.313 e. The van der Waals surface area contributed by atoms with Crippen molar-refractivity contribution in [1.82, 2.24) is 9.66 Å². The minimum absolute atomic E-state index is 0.0366. The fraction of sp³-hybridized carbons (Fsp3) is 0.182. The summed E-state index contributed by atoms with van der Waals surface area (Å²) in [6, 6.07) is 21.1. The number of nitro benzene ring substituents is 1. The molecule has 0 unspecified atom stereocenters. The van der Waals surface area contributed by atoms with E-state index >= 15 is 0 Å². The van der Waals surface area contributed by atoms with Gasteiger partial charge in [-0.2, -0.15) is 9.78 Å². The number of nitro groups is 1. The van der Waals surface area contributed by atoms with Gasteiger partial charge in [-0.05, 0) is 72.0 Å². The summed E-state index contributed by atoms with van der Waals surface area (Å²) >= 11 is 9.87. The van der Waals surface area contributed by atoms with Gasteiger partial charge in [0.2, 0.25) is 5.75 Å². The van der Waals surface area contributed by atoms with Crippen molar-refractivity contribution in [2.75, 3.05) is 7.11 Å². The zero-order chi connectivity index (χ0) is 31.5. The molecule has 1 aromatic heterocycles. The molecule has 0 bridgehead atoms. The number of hydrogen-bond acceptors (Lipinski definition) is 7. The Kier molecular flexibility index (Phi) is 9.12. The quantitative estimate of drug-likeness (QED) is 0.0884. The molecule has 5 aromatic rings. The van der Waals surface area contributed by atoms with Crippen LogP contribution in [-0.2, 0) is 6.61 Å². The summed E-state index contributed by atoms with van der Waals surface area (Å²) in [5.74, 6) is 1.14. The maximum Gasteiger partial charge on any atom is 0.313 e. The summed E-state index contributed by atoms with van der Waals surface area (Å²) in [7, 11) is 1.62. The molecule has 0 spiro atoms. The third-order valence-corrected chi connectivity index (χ3v) is 7.86. The Bertz CT molecular complexity index is 1970. The Morgan fingerprint density at radius 1 is 1.11 bits per heavy atom. The molecule has 1 heterocycles. The Labute approximate surface area is 267 Å². The minimum atomic E-state index is -0.566. The van der Waals surface area contributed by atoms with Crippen LogP contribution < -0.4 is 15.0 Å². The normalized spacial score (nSPS) is 11.4. The molecule has 0 aliphatic rings. The van der Waals surface area contributed by atoms with Gasteiger partial charge in [0.15, 0.2) is 5.82 Å². The molecule has 0 aliphatic carbocycles. The summed E-state index contributed by atoms with van der Waals surface area (Å²) < 4.78 is 13.5. The van der Waals surface area contributed by atoms with E-state index in [1.807, 2.05) is 49.4 Å². The third-order valence-electron chi connectivity index (χ3n) is 7.06. The Morgan fingerprint density at radius 2 is 1.84 bits per heavy atom. The predicted molar refractivity (Wildman–Crippen MR) is 176 cm³/mol. The summed E-state index contributed by atoms with van der Waals surface area (Å²) in [6.45, 7) is 6.10. The minimum Gasteiger partial charge on any atom is -0.496 e. The Morgan fingerprint density at radius 3 is 2.52 bits per heavy atom. The number of rotatable bonds is 9. The number of fused-ring (bicyclic) bond motifs is 1. The molecule has 0 aliphatic heterocycles. The Balaban J connectivity index is 1.61. The van der Waals surface area contributed by atoms with E-state index in [2.05, 4.69) is 34.9 Å². The van der Waals surface area contributed by atoms with E-state index in [4.69, 9.17) is 26.1 Å². The van der Waals surface area contributed by atoms with Crippen LogP contribution in [0.15, 0.2) is 87.2 Å². The molecule has 5 rings (SSSR count). The van der Waals surface area contributed by atoms with Gasteiger partial charge in [0.05, 0.1) is 34.2 Å². The average molecular weight is 676 g/mol. The van der Waals surface area contributed by atoms with E-state index in [1.165, 1.54) is 23.0 Å². The van der Waals surface area contributed by atoms with Crippen LogP contribution in [-0.4, -0.2) is 27.9 Å². The molecule has 224 valence electrons. The number of para-hydroxylation sites is 1. The molecule has 44 heavy (non-hydrogen) atoms. The predicted octanol–water partition coefficient (Wildman–Crippen LogP) is 8.29. The van der Waals surface area contributed by atoms with Crippen LogP contribution in [0.25, 0.3) is 22.3 Å². The molecule has 9 nitrogen and oxygen atoms in total. The first-order valence-corrected chi connectivity index (χ1v) is 14.8. The van der Waals surface area contributed by atoms with Gasteiger partial charge in [0.1, 0.15) is 12.4 Å². The molecular weight excluding hydrogens is 648 g/mol. The first-order valence-electron chi connectivity index (χ1n) is 13.7. The number of ether oxygens (including phenoxy) is 2. The van der Waals surface area contributed by atoms with Crippen molar-refractivity contribution in [2.24, 2.45) is 5.10 Å². The van der Waals surface area contributed by atoms with E-state index in [0.29, 0.717) is 27.9 Å². The highest BCUT2D eigenvalue weighted by Gasteiger charge is 2.22. The molecule has 11 heteroatoms. The van der Waals surface area contributed by atoms with Gasteiger partial charge >= 0.3 is 5.69 Å². The first kappa shape index (κ1) is 30.9. The SMILES string of the molecule is COc1cc(C)c(-c2nc3ccccc3c(=O)n2N=Cc2cc(Cl)c(OCc3ccc(Br)cc3)c([N+](=O)[O-])c2)cc1C(C)C. The van der Waals surface area contributed by atoms with Gasteiger partial charge in [-0.25, -0.2) is 4.98 Å².